The highest BCUT2D eigenvalue weighted by atomic mass is 35.5. The third-order valence-electron chi connectivity index (χ3n) is 5.00. The Morgan fingerprint density at radius 3 is 2.75 bits per heavy atom. The molecule has 3 rings (SSSR count). The number of anilines is 2. The number of rotatable bonds is 6. The molecule has 2 aromatic rings. The fourth-order valence-electron chi connectivity index (χ4n) is 3.47. The maximum absolute atomic E-state index is 11.4. The van der Waals surface area contributed by atoms with Crippen molar-refractivity contribution >= 4 is 34.7 Å². The maximum atomic E-state index is 11.4. The minimum Gasteiger partial charge on any atom is -0.379 e. The largest absolute Gasteiger partial charge is 0.379 e. The number of nitrogens with zero attached hydrogens (tertiary/aromatic N) is 3. The highest BCUT2D eigenvalue weighted by Gasteiger charge is 2.25. The quantitative estimate of drug-likeness (QED) is 0.565. The Morgan fingerprint density at radius 1 is 1.43 bits per heavy atom. The van der Waals surface area contributed by atoms with Crippen LogP contribution in [0.3, 0.4) is 0 Å². The molecule has 1 saturated heterocycles. The van der Waals surface area contributed by atoms with Crippen molar-refractivity contribution in [2.75, 3.05) is 23.3 Å². The minimum absolute atomic E-state index is 0.0348. The Hall–Kier alpha value is -2.87. The van der Waals surface area contributed by atoms with E-state index in [9.17, 15) is 14.9 Å². The van der Waals surface area contributed by atoms with E-state index in [0.29, 0.717) is 35.7 Å². The van der Waals surface area contributed by atoms with Crippen LogP contribution in [-0.4, -0.2) is 28.9 Å². The van der Waals surface area contributed by atoms with Gasteiger partial charge in [-0.15, -0.1) is 0 Å². The molecule has 1 amide bonds. The minimum atomic E-state index is -0.461. The summed E-state index contributed by atoms with van der Waals surface area (Å²) in [5.74, 6) is 0.530. The molecule has 1 aromatic heterocycles. The molecule has 28 heavy (non-hydrogen) atoms. The fourth-order valence-corrected chi connectivity index (χ4v) is 3.80. The lowest BCUT2D eigenvalue weighted by Crippen LogP contribution is -2.39. The Bertz CT molecular complexity index is 874. The number of carbonyl (C=O) groups excluding carboxylic acids is 1. The molecular formula is C19H22ClN5O3. The van der Waals surface area contributed by atoms with Gasteiger partial charge in [0.15, 0.2) is 0 Å². The number of aryl methyl sites for hydroxylation is 1. The second kappa shape index (κ2) is 8.43. The first-order valence-electron chi connectivity index (χ1n) is 9.03. The van der Waals surface area contributed by atoms with Gasteiger partial charge in [-0.05, 0) is 31.4 Å². The summed E-state index contributed by atoms with van der Waals surface area (Å²) in [7, 11) is 0. The molecule has 0 atom stereocenters. The number of pyridine rings is 1. The van der Waals surface area contributed by atoms with Gasteiger partial charge in [0.2, 0.25) is 5.91 Å². The molecule has 1 aromatic carbocycles. The molecule has 0 saturated carbocycles. The number of primary amides is 1. The molecule has 0 aliphatic carbocycles. The SMILES string of the molecule is Cc1cc([N+](=O)[O-])cc(Cl)c1NCc1cccnc1N1CCC(C(N)=O)CC1. The topological polar surface area (TPSA) is 114 Å². The Morgan fingerprint density at radius 2 is 2.14 bits per heavy atom. The Balaban J connectivity index is 1.75. The zero-order valence-electron chi connectivity index (χ0n) is 15.5. The number of carbonyl (C=O) groups is 1. The first kappa shape index (κ1) is 19.9. The van der Waals surface area contributed by atoms with Gasteiger partial charge in [0.1, 0.15) is 5.82 Å². The van der Waals surface area contributed by atoms with Gasteiger partial charge in [0, 0.05) is 49.4 Å². The number of nitro benzene ring substituents is 1. The third kappa shape index (κ3) is 4.33. The molecule has 148 valence electrons. The number of aromatic nitrogens is 1. The van der Waals surface area contributed by atoms with Gasteiger partial charge < -0.3 is 16.0 Å². The number of nitro groups is 1. The van der Waals surface area contributed by atoms with E-state index >= 15 is 0 Å². The van der Waals surface area contributed by atoms with Crippen LogP contribution in [0.25, 0.3) is 0 Å². The lowest BCUT2D eigenvalue weighted by atomic mass is 9.96. The number of piperidine rings is 1. The van der Waals surface area contributed by atoms with E-state index in [4.69, 9.17) is 17.3 Å². The van der Waals surface area contributed by atoms with Gasteiger partial charge >= 0.3 is 0 Å². The summed E-state index contributed by atoms with van der Waals surface area (Å²) in [4.78, 5) is 28.5. The van der Waals surface area contributed by atoms with Crippen molar-refractivity contribution in [2.45, 2.75) is 26.3 Å². The van der Waals surface area contributed by atoms with Gasteiger partial charge in [-0.2, -0.15) is 0 Å². The highest BCUT2D eigenvalue weighted by Crippen LogP contribution is 2.32. The zero-order chi connectivity index (χ0) is 20.3. The lowest BCUT2D eigenvalue weighted by Gasteiger charge is -2.32. The first-order valence-corrected chi connectivity index (χ1v) is 9.41. The predicted molar refractivity (Wildman–Crippen MR) is 109 cm³/mol. The smallest absolute Gasteiger partial charge is 0.271 e. The summed E-state index contributed by atoms with van der Waals surface area (Å²) in [6.07, 6.45) is 3.17. The number of nitrogens with two attached hydrogens (primary N) is 1. The van der Waals surface area contributed by atoms with Crippen molar-refractivity contribution in [3.63, 3.8) is 0 Å². The van der Waals surface area contributed by atoms with Crippen molar-refractivity contribution in [3.05, 3.63) is 56.7 Å². The predicted octanol–water partition coefficient (Wildman–Crippen LogP) is 3.27. The van der Waals surface area contributed by atoms with Crippen molar-refractivity contribution in [1.29, 1.82) is 0 Å². The summed E-state index contributed by atoms with van der Waals surface area (Å²) in [6, 6.07) is 6.67. The summed E-state index contributed by atoms with van der Waals surface area (Å²) in [6.45, 7) is 3.68. The van der Waals surface area contributed by atoms with E-state index in [1.807, 2.05) is 12.1 Å². The van der Waals surface area contributed by atoms with E-state index < -0.39 is 4.92 Å². The third-order valence-corrected chi connectivity index (χ3v) is 5.30. The molecule has 0 bridgehead atoms. The number of hydrogen-bond donors (Lipinski definition) is 2. The van der Waals surface area contributed by atoms with Gasteiger partial charge in [-0.1, -0.05) is 17.7 Å². The molecule has 1 aliphatic heterocycles. The molecular weight excluding hydrogens is 382 g/mol. The van der Waals surface area contributed by atoms with Crippen LogP contribution < -0.4 is 16.0 Å². The monoisotopic (exact) mass is 403 g/mol. The van der Waals surface area contributed by atoms with Crippen molar-refractivity contribution in [2.24, 2.45) is 11.7 Å². The van der Waals surface area contributed by atoms with Gasteiger partial charge in [0.25, 0.3) is 5.69 Å². The Kier molecular flexibility index (Phi) is 5.99. The molecule has 8 nitrogen and oxygen atoms in total. The van der Waals surface area contributed by atoms with Crippen LogP contribution in [0.4, 0.5) is 17.2 Å². The van der Waals surface area contributed by atoms with Crippen molar-refractivity contribution in [3.8, 4) is 0 Å². The standard InChI is InChI=1S/C19H22ClN5O3/c1-12-9-15(25(27)28)10-16(20)17(12)23-11-14-3-2-6-22-19(14)24-7-4-13(5-8-24)18(21)26/h2-3,6,9-10,13,23H,4-5,7-8,11H2,1H3,(H2,21,26). The van der Waals surface area contributed by atoms with E-state index in [1.165, 1.54) is 12.1 Å². The van der Waals surface area contributed by atoms with E-state index in [0.717, 1.165) is 24.5 Å². The van der Waals surface area contributed by atoms with Crippen LogP contribution in [0.15, 0.2) is 30.5 Å². The van der Waals surface area contributed by atoms with E-state index in [1.54, 1.807) is 13.1 Å². The van der Waals surface area contributed by atoms with E-state index in [-0.39, 0.29) is 17.5 Å². The average molecular weight is 404 g/mol. The second-order valence-corrected chi connectivity index (χ2v) is 7.29. The summed E-state index contributed by atoms with van der Waals surface area (Å²) >= 11 is 6.24. The van der Waals surface area contributed by atoms with Gasteiger partial charge in [0.05, 0.1) is 15.6 Å². The molecule has 0 radical (unpaired) electrons. The number of hydrogen-bond acceptors (Lipinski definition) is 6. The number of nitrogens with one attached hydrogen (secondary N) is 1. The highest BCUT2D eigenvalue weighted by molar-refractivity contribution is 6.33. The second-order valence-electron chi connectivity index (χ2n) is 6.88. The molecule has 1 fully saturated rings. The van der Waals surface area contributed by atoms with E-state index in [2.05, 4.69) is 15.2 Å². The zero-order valence-corrected chi connectivity index (χ0v) is 16.3. The molecule has 3 N–H and O–H groups in total. The fraction of sp³-hybridized carbons (Fsp3) is 0.368. The molecule has 2 heterocycles. The van der Waals surface area contributed by atoms with Crippen LogP contribution in [0.2, 0.25) is 5.02 Å². The number of amides is 1. The summed E-state index contributed by atoms with van der Waals surface area (Å²) < 4.78 is 0. The van der Waals surface area contributed by atoms with Crippen molar-refractivity contribution in [1.82, 2.24) is 4.98 Å². The van der Waals surface area contributed by atoms with Crippen LogP contribution in [0, 0.1) is 23.0 Å². The molecule has 0 unspecified atom stereocenters. The number of benzene rings is 1. The first-order chi connectivity index (χ1) is 13.4. The van der Waals surface area contributed by atoms with Crippen LogP contribution in [0.5, 0.6) is 0 Å². The van der Waals surface area contributed by atoms with Gasteiger partial charge in [-0.3, -0.25) is 14.9 Å². The maximum Gasteiger partial charge on any atom is 0.271 e. The lowest BCUT2D eigenvalue weighted by molar-refractivity contribution is -0.384. The summed E-state index contributed by atoms with van der Waals surface area (Å²) in [5.41, 5.74) is 7.72. The van der Waals surface area contributed by atoms with Crippen LogP contribution in [0.1, 0.15) is 24.0 Å². The molecule has 9 heteroatoms. The molecule has 0 spiro atoms. The van der Waals surface area contributed by atoms with Crippen LogP contribution in [-0.2, 0) is 11.3 Å². The van der Waals surface area contributed by atoms with Crippen molar-refractivity contribution < 1.29 is 9.72 Å². The summed E-state index contributed by atoms with van der Waals surface area (Å²) in [5, 5.41) is 14.5. The Labute approximate surface area is 167 Å². The van der Waals surface area contributed by atoms with Gasteiger partial charge in [-0.25, -0.2) is 4.98 Å². The van der Waals surface area contributed by atoms with Crippen LogP contribution >= 0.6 is 11.6 Å². The molecule has 1 aliphatic rings. The average Bonchev–Trinajstić information content (AvgIpc) is 2.67. The number of halogens is 1. The normalized spacial score (nSPS) is 14.7. The number of non-ortho nitro benzene ring substituents is 1.